The first-order valence-electron chi connectivity index (χ1n) is 12.0. The third kappa shape index (κ3) is 4.69. The van der Waals surface area contributed by atoms with E-state index in [1.165, 1.54) is 12.1 Å². The number of aryl methyl sites for hydroxylation is 1. The van der Waals surface area contributed by atoms with Gasteiger partial charge in [0.25, 0.3) is 0 Å². The topological polar surface area (TPSA) is 72.5 Å². The number of amides is 1. The van der Waals surface area contributed by atoms with Gasteiger partial charge in [-0.05, 0) is 90.4 Å². The van der Waals surface area contributed by atoms with Crippen molar-refractivity contribution in [3.63, 3.8) is 0 Å². The number of nitrogens with one attached hydrogen (secondary N) is 1. The van der Waals surface area contributed by atoms with Gasteiger partial charge in [0, 0.05) is 12.5 Å². The number of halogens is 3. The van der Waals surface area contributed by atoms with E-state index in [4.69, 9.17) is 0 Å². The first-order valence-corrected chi connectivity index (χ1v) is 13.4. The SMILES string of the molecule is CC(C)(C)CC(=O)NC1CC[C@H]2[C@@H]3CCc4cc(OS(=O)(=O)C(F)(F)F)ccc4[C@H]3CC[C@]12C. The van der Waals surface area contributed by atoms with Gasteiger partial charge in [0.2, 0.25) is 5.91 Å². The molecular weight excluding hydrogens is 467 g/mol. The minimum atomic E-state index is -5.68. The number of fused-ring (bicyclic) bond motifs is 5. The molecule has 5 atom stereocenters. The van der Waals surface area contributed by atoms with E-state index in [2.05, 4.69) is 37.2 Å². The summed E-state index contributed by atoms with van der Waals surface area (Å²) in [6, 6.07) is 4.70. The Labute approximate surface area is 200 Å². The Hall–Kier alpha value is -1.77. The Balaban J connectivity index is 1.50. The summed E-state index contributed by atoms with van der Waals surface area (Å²) >= 11 is 0. The van der Waals surface area contributed by atoms with Crippen LogP contribution in [0.2, 0.25) is 0 Å². The molecule has 3 aliphatic rings. The standard InChI is InChI=1S/C25H34F3NO4S/c1-23(2,3)14-22(30)29-21-10-9-20-19-7-5-15-13-16(33-34(31,32)25(26,27)28)6-8-17(15)18(19)11-12-24(20,21)4/h6,8,13,18-21H,5,7,9-12,14H2,1-4H3,(H,29,30)/t18-,19-,20+,21?,24+/m1/s1. The van der Waals surface area contributed by atoms with Crippen LogP contribution in [-0.4, -0.2) is 25.9 Å². The van der Waals surface area contributed by atoms with Crippen molar-refractivity contribution in [3.8, 4) is 5.75 Å². The Kier molecular flexibility index (Phi) is 6.27. The second-order valence-corrected chi connectivity index (χ2v) is 13.3. The van der Waals surface area contributed by atoms with Gasteiger partial charge in [0.1, 0.15) is 5.75 Å². The Morgan fingerprint density at radius 1 is 1.15 bits per heavy atom. The normalized spacial score (nSPS) is 31.3. The third-order valence-corrected chi connectivity index (χ3v) is 9.19. The predicted octanol–water partition coefficient (Wildman–Crippen LogP) is 5.69. The molecule has 0 saturated heterocycles. The van der Waals surface area contributed by atoms with E-state index in [0.717, 1.165) is 43.2 Å². The minimum absolute atomic E-state index is 0.0378. The summed E-state index contributed by atoms with van der Waals surface area (Å²) in [5.41, 5.74) is -3.52. The van der Waals surface area contributed by atoms with Crippen LogP contribution in [-0.2, 0) is 21.3 Å². The number of hydrogen-bond donors (Lipinski definition) is 1. The van der Waals surface area contributed by atoms with E-state index >= 15 is 0 Å². The Morgan fingerprint density at radius 2 is 1.85 bits per heavy atom. The maximum absolute atomic E-state index is 12.7. The van der Waals surface area contributed by atoms with Gasteiger partial charge >= 0.3 is 15.6 Å². The minimum Gasteiger partial charge on any atom is -0.376 e. The molecular formula is C25H34F3NO4S. The van der Waals surface area contributed by atoms with Gasteiger partial charge in [-0.2, -0.15) is 21.6 Å². The summed E-state index contributed by atoms with van der Waals surface area (Å²) in [5, 5.41) is 3.33. The second kappa shape index (κ2) is 8.42. The fraction of sp³-hybridized carbons (Fsp3) is 0.720. The predicted molar refractivity (Wildman–Crippen MR) is 123 cm³/mol. The van der Waals surface area contributed by atoms with Crippen molar-refractivity contribution in [1.82, 2.24) is 5.32 Å². The molecule has 34 heavy (non-hydrogen) atoms. The number of rotatable bonds is 4. The molecule has 2 fully saturated rings. The zero-order valence-corrected chi connectivity index (χ0v) is 21.0. The summed E-state index contributed by atoms with van der Waals surface area (Å²) in [7, 11) is -5.68. The number of benzene rings is 1. The highest BCUT2D eigenvalue weighted by Crippen LogP contribution is 2.61. The molecule has 2 saturated carbocycles. The fourth-order valence-electron chi connectivity index (χ4n) is 6.75. The highest BCUT2D eigenvalue weighted by atomic mass is 32.2. The lowest BCUT2D eigenvalue weighted by atomic mass is 9.55. The van der Waals surface area contributed by atoms with Crippen LogP contribution in [0.15, 0.2) is 18.2 Å². The van der Waals surface area contributed by atoms with Gasteiger partial charge in [0.15, 0.2) is 0 Å². The van der Waals surface area contributed by atoms with Crippen LogP contribution in [0.3, 0.4) is 0 Å². The van der Waals surface area contributed by atoms with Gasteiger partial charge in [-0.1, -0.05) is 33.8 Å². The number of carbonyl (C=O) groups is 1. The molecule has 1 unspecified atom stereocenters. The monoisotopic (exact) mass is 501 g/mol. The van der Waals surface area contributed by atoms with E-state index in [1.807, 2.05) is 0 Å². The van der Waals surface area contributed by atoms with Crippen molar-refractivity contribution in [2.45, 2.75) is 90.1 Å². The lowest BCUT2D eigenvalue weighted by Gasteiger charge is -2.51. The number of carbonyl (C=O) groups excluding carboxylic acids is 1. The number of hydrogen-bond acceptors (Lipinski definition) is 4. The number of alkyl halides is 3. The van der Waals surface area contributed by atoms with Crippen LogP contribution in [0.1, 0.15) is 83.3 Å². The van der Waals surface area contributed by atoms with Crippen molar-refractivity contribution >= 4 is 16.0 Å². The Morgan fingerprint density at radius 3 is 2.50 bits per heavy atom. The molecule has 1 aromatic carbocycles. The largest absolute Gasteiger partial charge is 0.534 e. The van der Waals surface area contributed by atoms with Crippen molar-refractivity contribution in [1.29, 1.82) is 0 Å². The molecule has 0 spiro atoms. The highest BCUT2D eigenvalue weighted by molar-refractivity contribution is 7.88. The molecule has 4 rings (SSSR count). The van der Waals surface area contributed by atoms with Crippen molar-refractivity contribution in [3.05, 3.63) is 29.3 Å². The smallest absolute Gasteiger partial charge is 0.376 e. The first kappa shape index (κ1) is 25.3. The molecule has 0 bridgehead atoms. The maximum Gasteiger partial charge on any atom is 0.534 e. The molecule has 0 aliphatic heterocycles. The summed E-state index contributed by atoms with van der Waals surface area (Å²) in [6.07, 6.45) is 6.01. The van der Waals surface area contributed by atoms with Gasteiger partial charge < -0.3 is 9.50 Å². The zero-order chi connectivity index (χ0) is 25.1. The summed E-state index contributed by atoms with van der Waals surface area (Å²) in [6.45, 7) is 8.49. The summed E-state index contributed by atoms with van der Waals surface area (Å²) in [4.78, 5) is 12.6. The highest BCUT2D eigenvalue weighted by Gasteiger charge is 2.55. The summed E-state index contributed by atoms with van der Waals surface area (Å²) < 4.78 is 65.2. The molecule has 9 heteroatoms. The lowest BCUT2D eigenvalue weighted by molar-refractivity contribution is -0.124. The van der Waals surface area contributed by atoms with E-state index in [-0.39, 0.29) is 28.5 Å². The van der Waals surface area contributed by atoms with Crippen molar-refractivity contribution in [2.24, 2.45) is 22.7 Å². The van der Waals surface area contributed by atoms with E-state index in [1.54, 1.807) is 6.07 Å². The second-order valence-electron chi connectivity index (χ2n) is 11.7. The molecule has 190 valence electrons. The van der Waals surface area contributed by atoms with Crippen LogP contribution >= 0.6 is 0 Å². The van der Waals surface area contributed by atoms with E-state index in [9.17, 15) is 26.4 Å². The van der Waals surface area contributed by atoms with Crippen LogP contribution in [0.25, 0.3) is 0 Å². The average Bonchev–Trinajstić information content (AvgIpc) is 3.01. The van der Waals surface area contributed by atoms with Gasteiger partial charge in [-0.15, -0.1) is 0 Å². The average molecular weight is 502 g/mol. The van der Waals surface area contributed by atoms with E-state index < -0.39 is 15.6 Å². The van der Waals surface area contributed by atoms with Crippen molar-refractivity contribution in [2.75, 3.05) is 0 Å². The molecule has 0 radical (unpaired) electrons. The molecule has 1 amide bonds. The van der Waals surface area contributed by atoms with Crippen molar-refractivity contribution < 1.29 is 30.6 Å². The van der Waals surface area contributed by atoms with Gasteiger partial charge in [0.05, 0.1) is 0 Å². The zero-order valence-electron chi connectivity index (χ0n) is 20.2. The third-order valence-electron chi connectivity index (χ3n) is 8.21. The van der Waals surface area contributed by atoms with Crippen LogP contribution in [0.4, 0.5) is 13.2 Å². The Bertz CT molecular complexity index is 1060. The molecule has 3 aliphatic carbocycles. The van der Waals surface area contributed by atoms with Gasteiger partial charge in [-0.3, -0.25) is 4.79 Å². The maximum atomic E-state index is 12.7. The molecule has 1 aromatic rings. The quantitative estimate of drug-likeness (QED) is 0.425. The van der Waals surface area contributed by atoms with Crippen LogP contribution in [0, 0.1) is 22.7 Å². The first-order chi connectivity index (χ1) is 15.6. The van der Waals surface area contributed by atoms with E-state index in [0.29, 0.717) is 30.6 Å². The molecule has 5 nitrogen and oxygen atoms in total. The lowest BCUT2D eigenvalue weighted by Crippen LogP contribution is -2.50. The molecule has 0 aromatic heterocycles. The summed E-state index contributed by atoms with van der Waals surface area (Å²) in [5.74, 6) is 1.02. The van der Waals surface area contributed by atoms with Gasteiger partial charge in [-0.25, -0.2) is 0 Å². The van der Waals surface area contributed by atoms with Crippen LogP contribution < -0.4 is 9.50 Å². The molecule has 1 N–H and O–H groups in total. The fourth-order valence-corrected chi connectivity index (χ4v) is 7.20. The van der Waals surface area contributed by atoms with Crippen LogP contribution in [0.5, 0.6) is 5.75 Å². The molecule has 0 heterocycles.